The number of amides is 1. The van der Waals surface area contributed by atoms with Gasteiger partial charge in [0.25, 0.3) is 11.6 Å². The van der Waals surface area contributed by atoms with Crippen LogP contribution in [0.4, 0.5) is 11.4 Å². The van der Waals surface area contributed by atoms with Gasteiger partial charge in [-0.25, -0.2) is 0 Å². The second-order valence-corrected chi connectivity index (χ2v) is 8.24. The van der Waals surface area contributed by atoms with E-state index in [-0.39, 0.29) is 11.6 Å². The van der Waals surface area contributed by atoms with Crippen LogP contribution in [-0.2, 0) is 4.79 Å². The summed E-state index contributed by atoms with van der Waals surface area (Å²) < 4.78 is 6.05. The Kier molecular flexibility index (Phi) is 6.11. The van der Waals surface area contributed by atoms with Gasteiger partial charge in [-0.2, -0.15) is 0 Å². The fourth-order valence-corrected chi connectivity index (χ4v) is 3.79. The van der Waals surface area contributed by atoms with Crippen molar-refractivity contribution in [3.8, 4) is 5.75 Å². The normalized spacial score (nSPS) is 15.5. The van der Waals surface area contributed by atoms with E-state index in [9.17, 15) is 14.9 Å². The van der Waals surface area contributed by atoms with Crippen molar-refractivity contribution in [2.45, 2.75) is 13.8 Å². The monoisotopic (exact) mass is 414 g/mol. The second-order valence-electron chi connectivity index (χ2n) is 6.56. The van der Waals surface area contributed by atoms with E-state index >= 15 is 0 Å². The number of thioether (sulfide) groups is 1. The lowest BCUT2D eigenvalue weighted by Crippen LogP contribution is -2.27. The predicted molar refractivity (Wildman–Crippen MR) is 116 cm³/mol. The Morgan fingerprint density at radius 1 is 1.18 bits per heavy atom. The summed E-state index contributed by atoms with van der Waals surface area (Å²) >= 11 is 6.53. The summed E-state index contributed by atoms with van der Waals surface area (Å²) in [6.45, 7) is 4.82. The summed E-state index contributed by atoms with van der Waals surface area (Å²) in [6, 6.07) is 13.2. The first kappa shape index (κ1) is 20.0. The van der Waals surface area contributed by atoms with Gasteiger partial charge in [-0.1, -0.05) is 50.0 Å². The standard InChI is InChI=1S/C20H18N2O4S2/c1-13(2)12-26-17-9-3-14(4-10-17)11-18-19(23)21(20(27)28-18)15-5-7-16(8-6-15)22(24)25/h3-11,13H,12H2,1-2H3/b18-11+. The van der Waals surface area contributed by atoms with E-state index in [1.54, 1.807) is 6.08 Å². The minimum atomic E-state index is -0.484. The van der Waals surface area contributed by atoms with Crippen LogP contribution in [0.25, 0.3) is 6.08 Å². The lowest BCUT2D eigenvalue weighted by Gasteiger charge is -2.13. The van der Waals surface area contributed by atoms with Crippen LogP contribution in [0.2, 0.25) is 0 Å². The topological polar surface area (TPSA) is 72.7 Å². The molecule has 0 atom stereocenters. The molecular formula is C20H18N2O4S2. The molecular weight excluding hydrogens is 396 g/mol. The lowest BCUT2D eigenvalue weighted by molar-refractivity contribution is -0.384. The molecule has 3 rings (SSSR count). The molecule has 1 saturated heterocycles. The number of hydrogen-bond acceptors (Lipinski definition) is 6. The maximum Gasteiger partial charge on any atom is 0.270 e. The smallest absolute Gasteiger partial charge is 0.270 e. The van der Waals surface area contributed by atoms with Crippen molar-refractivity contribution >= 4 is 51.7 Å². The minimum absolute atomic E-state index is 0.0375. The number of ether oxygens (including phenoxy) is 1. The first-order chi connectivity index (χ1) is 13.3. The first-order valence-electron chi connectivity index (χ1n) is 8.60. The molecule has 0 unspecified atom stereocenters. The molecule has 1 heterocycles. The van der Waals surface area contributed by atoms with Gasteiger partial charge in [-0.05, 0) is 41.8 Å². The molecule has 28 heavy (non-hydrogen) atoms. The third kappa shape index (κ3) is 4.58. The van der Waals surface area contributed by atoms with Crippen molar-refractivity contribution in [1.82, 2.24) is 0 Å². The van der Waals surface area contributed by atoms with E-state index in [1.807, 2.05) is 24.3 Å². The average molecular weight is 415 g/mol. The zero-order chi connectivity index (χ0) is 20.3. The highest BCUT2D eigenvalue weighted by atomic mass is 32.2. The van der Waals surface area contributed by atoms with Crippen LogP contribution in [0.5, 0.6) is 5.75 Å². The fraction of sp³-hybridized carbons (Fsp3) is 0.200. The fourth-order valence-electron chi connectivity index (χ4n) is 2.49. The molecule has 1 aliphatic heterocycles. The summed E-state index contributed by atoms with van der Waals surface area (Å²) in [5, 5.41) is 10.8. The van der Waals surface area contributed by atoms with E-state index < -0.39 is 4.92 Å². The van der Waals surface area contributed by atoms with Crippen LogP contribution in [0.1, 0.15) is 19.4 Å². The van der Waals surface area contributed by atoms with Gasteiger partial charge in [0.15, 0.2) is 4.32 Å². The number of carbonyl (C=O) groups is 1. The maximum atomic E-state index is 12.8. The van der Waals surface area contributed by atoms with Gasteiger partial charge >= 0.3 is 0 Å². The number of carbonyl (C=O) groups excluding carboxylic acids is 1. The molecule has 8 heteroatoms. The van der Waals surface area contributed by atoms with Crippen LogP contribution in [0, 0.1) is 16.0 Å². The third-order valence-electron chi connectivity index (χ3n) is 3.87. The van der Waals surface area contributed by atoms with Crippen molar-refractivity contribution in [3.05, 3.63) is 69.1 Å². The van der Waals surface area contributed by atoms with Gasteiger partial charge in [0.2, 0.25) is 0 Å². The molecule has 0 bridgehead atoms. The van der Waals surface area contributed by atoms with Crippen molar-refractivity contribution < 1.29 is 14.5 Å². The molecule has 0 aliphatic carbocycles. The van der Waals surface area contributed by atoms with Crippen LogP contribution < -0.4 is 9.64 Å². The van der Waals surface area contributed by atoms with Crippen LogP contribution >= 0.6 is 24.0 Å². The average Bonchev–Trinajstić information content (AvgIpc) is 2.94. The number of rotatable bonds is 6. The van der Waals surface area contributed by atoms with Gasteiger partial charge < -0.3 is 4.74 Å². The maximum absolute atomic E-state index is 12.8. The number of nitro groups is 1. The highest BCUT2D eigenvalue weighted by Gasteiger charge is 2.33. The molecule has 1 fully saturated rings. The molecule has 0 aromatic heterocycles. The Hall–Kier alpha value is -2.71. The van der Waals surface area contributed by atoms with E-state index in [4.69, 9.17) is 17.0 Å². The molecule has 0 spiro atoms. The number of nitrogens with zero attached hydrogens (tertiary/aromatic N) is 2. The highest BCUT2D eigenvalue weighted by Crippen LogP contribution is 2.36. The van der Waals surface area contributed by atoms with Crippen LogP contribution in [0.15, 0.2) is 53.4 Å². The molecule has 2 aromatic carbocycles. The summed E-state index contributed by atoms with van der Waals surface area (Å²) in [6.07, 6.45) is 1.77. The number of benzene rings is 2. The number of nitro benzene ring substituents is 1. The van der Waals surface area contributed by atoms with E-state index in [2.05, 4.69) is 13.8 Å². The van der Waals surface area contributed by atoms with E-state index in [1.165, 1.54) is 40.9 Å². The molecule has 1 amide bonds. The number of hydrogen-bond donors (Lipinski definition) is 0. The van der Waals surface area contributed by atoms with Crippen molar-refractivity contribution in [1.29, 1.82) is 0 Å². The highest BCUT2D eigenvalue weighted by molar-refractivity contribution is 8.27. The SMILES string of the molecule is CC(C)COc1ccc(/C=C2/SC(=S)N(c3ccc([N+](=O)[O-])cc3)C2=O)cc1. The van der Waals surface area contributed by atoms with Gasteiger partial charge in [0.1, 0.15) is 5.75 Å². The number of thiocarbonyl (C=S) groups is 1. The summed E-state index contributed by atoms with van der Waals surface area (Å²) in [4.78, 5) is 25.0. The second kappa shape index (κ2) is 8.53. The first-order valence-corrected chi connectivity index (χ1v) is 9.83. The van der Waals surface area contributed by atoms with Crippen molar-refractivity contribution in [2.75, 3.05) is 11.5 Å². The van der Waals surface area contributed by atoms with Gasteiger partial charge in [0, 0.05) is 12.1 Å². The molecule has 6 nitrogen and oxygen atoms in total. The Bertz CT molecular complexity index is 938. The number of anilines is 1. The van der Waals surface area contributed by atoms with Gasteiger partial charge in [0.05, 0.1) is 22.1 Å². The van der Waals surface area contributed by atoms with Crippen molar-refractivity contribution in [3.63, 3.8) is 0 Å². The van der Waals surface area contributed by atoms with Crippen molar-refractivity contribution in [2.24, 2.45) is 5.92 Å². The Balaban J connectivity index is 1.76. The zero-order valence-electron chi connectivity index (χ0n) is 15.3. The van der Waals surface area contributed by atoms with E-state index in [0.29, 0.717) is 27.4 Å². The molecule has 0 radical (unpaired) electrons. The Morgan fingerprint density at radius 3 is 2.39 bits per heavy atom. The van der Waals surface area contributed by atoms with Crippen LogP contribution in [-0.4, -0.2) is 21.8 Å². The van der Waals surface area contributed by atoms with Crippen LogP contribution in [0.3, 0.4) is 0 Å². The predicted octanol–water partition coefficient (Wildman–Crippen LogP) is 5.04. The third-order valence-corrected chi connectivity index (χ3v) is 5.18. The zero-order valence-corrected chi connectivity index (χ0v) is 17.0. The molecule has 0 N–H and O–H groups in total. The summed E-state index contributed by atoms with van der Waals surface area (Å²) in [5.74, 6) is 0.981. The van der Waals surface area contributed by atoms with Gasteiger partial charge in [-0.3, -0.25) is 19.8 Å². The summed E-state index contributed by atoms with van der Waals surface area (Å²) in [7, 11) is 0. The Morgan fingerprint density at radius 2 is 1.82 bits per heavy atom. The summed E-state index contributed by atoms with van der Waals surface area (Å²) in [5.41, 5.74) is 1.33. The molecule has 1 aliphatic rings. The molecule has 0 saturated carbocycles. The quantitative estimate of drug-likeness (QED) is 0.285. The lowest BCUT2D eigenvalue weighted by atomic mass is 10.2. The largest absolute Gasteiger partial charge is 0.493 e. The minimum Gasteiger partial charge on any atom is -0.493 e. The van der Waals surface area contributed by atoms with E-state index in [0.717, 1.165) is 11.3 Å². The van der Waals surface area contributed by atoms with Gasteiger partial charge in [-0.15, -0.1) is 0 Å². The molecule has 144 valence electrons. The number of non-ortho nitro benzene ring substituents is 1. The molecule has 2 aromatic rings. The Labute approximate surface area is 172 Å².